The van der Waals surface area contributed by atoms with E-state index in [1.54, 1.807) is 12.1 Å². The van der Waals surface area contributed by atoms with Gasteiger partial charge < -0.3 is 15.0 Å². The van der Waals surface area contributed by atoms with Crippen LogP contribution in [0, 0.1) is 46.3 Å². The first-order valence-corrected chi connectivity index (χ1v) is 13.1. The molecule has 0 bridgehead atoms. The number of methoxy groups -OCH3 is 1. The maximum absolute atomic E-state index is 12.1. The van der Waals surface area contributed by atoms with Gasteiger partial charge in [0, 0.05) is 30.5 Å². The number of piperidine rings is 1. The van der Waals surface area contributed by atoms with Crippen LogP contribution in [-0.4, -0.2) is 43.8 Å². The number of likely N-dealkylation sites (tertiary alicyclic amines) is 1. The van der Waals surface area contributed by atoms with E-state index in [1.165, 1.54) is 7.11 Å². The van der Waals surface area contributed by atoms with E-state index in [4.69, 9.17) is 10.00 Å². The Labute approximate surface area is 220 Å². The van der Waals surface area contributed by atoms with Crippen molar-refractivity contribution < 1.29 is 9.53 Å². The molecule has 1 aliphatic carbocycles. The molecule has 2 aromatic carbocycles. The molecule has 1 heterocycles. The molecule has 37 heavy (non-hydrogen) atoms. The van der Waals surface area contributed by atoms with Crippen LogP contribution < -0.4 is 5.32 Å². The van der Waals surface area contributed by atoms with Gasteiger partial charge in [-0.25, -0.2) is 4.79 Å². The Kier molecular flexibility index (Phi) is 8.84. The molecule has 4 rings (SSSR count). The number of amides is 1. The second-order valence-electron chi connectivity index (χ2n) is 9.98. The highest BCUT2D eigenvalue weighted by molar-refractivity contribution is 5.67. The van der Waals surface area contributed by atoms with Crippen LogP contribution in [0.2, 0.25) is 0 Å². The Balaban J connectivity index is 1.44. The normalized spacial score (nSPS) is 21.5. The van der Waals surface area contributed by atoms with Gasteiger partial charge in [0.25, 0.3) is 0 Å². The zero-order valence-corrected chi connectivity index (χ0v) is 21.5. The number of nitrogens with one attached hydrogen (secondary N) is 1. The van der Waals surface area contributed by atoms with Gasteiger partial charge in [0.05, 0.1) is 30.2 Å². The van der Waals surface area contributed by atoms with E-state index >= 15 is 0 Å². The van der Waals surface area contributed by atoms with E-state index in [9.17, 15) is 10.1 Å². The summed E-state index contributed by atoms with van der Waals surface area (Å²) in [7, 11) is 1.39. The lowest BCUT2D eigenvalue weighted by atomic mass is 9.59. The van der Waals surface area contributed by atoms with Crippen LogP contribution in [0.1, 0.15) is 55.2 Å². The molecule has 2 aliphatic rings. The van der Waals surface area contributed by atoms with Crippen molar-refractivity contribution in [1.29, 1.82) is 10.5 Å². The van der Waals surface area contributed by atoms with Gasteiger partial charge in [-0.3, -0.25) is 0 Å². The fraction of sp³-hybridized carbons (Fsp3) is 0.452. The second-order valence-corrected chi connectivity index (χ2v) is 9.98. The molecule has 2 fully saturated rings. The molecule has 1 amide bonds. The van der Waals surface area contributed by atoms with Crippen LogP contribution >= 0.6 is 0 Å². The van der Waals surface area contributed by atoms with Gasteiger partial charge in [0.15, 0.2) is 0 Å². The van der Waals surface area contributed by atoms with Crippen LogP contribution in [0.25, 0.3) is 0 Å². The number of hydrogen-bond donors (Lipinski definition) is 1. The minimum absolute atomic E-state index is 0.0499. The first-order valence-electron chi connectivity index (χ1n) is 13.1. The summed E-state index contributed by atoms with van der Waals surface area (Å²) in [6, 6.07) is 22.4. The van der Waals surface area contributed by atoms with Gasteiger partial charge in [0.1, 0.15) is 0 Å². The average Bonchev–Trinajstić information content (AvgIpc) is 3.41. The molecule has 0 radical (unpaired) electrons. The quantitative estimate of drug-likeness (QED) is 0.571. The number of alkyl carbamates (subject to hydrolysis) is 1. The van der Waals surface area contributed by atoms with Gasteiger partial charge in [-0.2, -0.15) is 10.5 Å². The Bertz CT molecular complexity index is 1190. The van der Waals surface area contributed by atoms with E-state index in [2.05, 4.69) is 46.3 Å². The number of rotatable bonds is 6. The molecule has 190 valence electrons. The third-order valence-electron chi connectivity index (χ3n) is 8.06. The summed E-state index contributed by atoms with van der Waals surface area (Å²) < 4.78 is 4.89. The number of hydrogen-bond acceptors (Lipinski definition) is 5. The van der Waals surface area contributed by atoms with Crippen molar-refractivity contribution in [2.45, 2.75) is 50.0 Å². The summed E-state index contributed by atoms with van der Waals surface area (Å²) in [5.74, 6) is 6.71. The highest BCUT2D eigenvalue weighted by Crippen LogP contribution is 2.50. The van der Waals surface area contributed by atoms with Crippen LogP contribution in [0.4, 0.5) is 4.79 Å². The van der Waals surface area contributed by atoms with E-state index in [0.29, 0.717) is 5.56 Å². The van der Waals surface area contributed by atoms with Crippen LogP contribution in [0.3, 0.4) is 0 Å². The topological polar surface area (TPSA) is 89.2 Å². The number of benzene rings is 2. The van der Waals surface area contributed by atoms with Crippen LogP contribution in [0.15, 0.2) is 54.6 Å². The minimum Gasteiger partial charge on any atom is -0.453 e. The Hall–Kier alpha value is -3.79. The molecule has 1 unspecified atom stereocenters. The summed E-state index contributed by atoms with van der Waals surface area (Å²) in [5, 5.41) is 22.7. The maximum Gasteiger partial charge on any atom is 0.407 e. The summed E-state index contributed by atoms with van der Waals surface area (Å²) >= 11 is 0. The summed E-state index contributed by atoms with van der Waals surface area (Å²) in [4.78, 5) is 14.5. The summed E-state index contributed by atoms with van der Waals surface area (Å²) in [6.07, 6.45) is 5.01. The van der Waals surface area contributed by atoms with Crippen molar-refractivity contribution in [3.05, 3.63) is 71.3 Å². The summed E-state index contributed by atoms with van der Waals surface area (Å²) in [5.41, 5.74) is 1.98. The van der Waals surface area contributed by atoms with Gasteiger partial charge in [-0.1, -0.05) is 48.6 Å². The number of carbonyl (C=O) groups is 1. The lowest BCUT2D eigenvalue weighted by Crippen LogP contribution is -2.52. The molecule has 1 aliphatic heterocycles. The molecular formula is C31H34N4O2. The first kappa shape index (κ1) is 26.3. The lowest BCUT2D eigenvalue weighted by Gasteiger charge is -2.46. The predicted octanol–water partition coefficient (Wildman–Crippen LogP) is 5.00. The minimum atomic E-state index is -0.648. The van der Waals surface area contributed by atoms with Gasteiger partial charge >= 0.3 is 6.09 Å². The average molecular weight is 495 g/mol. The number of carbonyl (C=O) groups excluding carboxylic acids is 1. The molecule has 0 spiro atoms. The predicted molar refractivity (Wildman–Crippen MR) is 142 cm³/mol. The van der Waals surface area contributed by atoms with Gasteiger partial charge in [0.2, 0.25) is 0 Å². The van der Waals surface area contributed by atoms with Crippen LogP contribution in [-0.2, 0) is 10.2 Å². The number of nitrogens with zero attached hydrogens (tertiary/aromatic N) is 3. The SMILES string of the molecule is COC(=O)N[C@H]1CCC[C@@H]1C(C#N)(c1ccccc1)C1CCN(CCC#Cc2ccc(C#N)cc2)CC1. The third kappa shape index (κ3) is 5.96. The van der Waals surface area contributed by atoms with E-state index in [0.717, 1.165) is 69.3 Å². The van der Waals surface area contributed by atoms with Crippen molar-refractivity contribution in [2.75, 3.05) is 26.7 Å². The van der Waals surface area contributed by atoms with Crippen molar-refractivity contribution in [1.82, 2.24) is 10.2 Å². The van der Waals surface area contributed by atoms with Gasteiger partial charge in [-0.15, -0.1) is 0 Å². The zero-order chi connectivity index (χ0) is 26.1. The van der Waals surface area contributed by atoms with E-state index in [-0.39, 0.29) is 17.9 Å². The number of nitriles is 2. The second kappa shape index (κ2) is 12.4. The smallest absolute Gasteiger partial charge is 0.407 e. The monoisotopic (exact) mass is 494 g/mol. The zero-order valence-electron chi connectivity index (χ0n) is 21.5. The van der Waals surface area contributed by atoms with Crippen molar-refractivity contribution >= 4 is 6.09 Å². The Morgan fingerprint density at radius 3 is 2.38 bits per heavy atom. The van der Waals surface area contributed by atoms with Crippen molar-refractivity contribution in [3.63, 3.8) is 0 Å². The molecule has 6 nitrogen and oxygen atoms in total. The maximum atomic E-state index is 12.1. The van der Waals surface area contributed by atoms with Crippen LogP contribution in [0.5, 0.6) is 0 Å². The fourth-order valence-electron chi connectivity index (χ4n) is 6.21. The van der Waals surface area contributed by atoms with Gasteiger partial charge in [-0.05, 0) is 74.5 Å². The highest BCUT2D eigenvalue weighted by Gasteiger charge is 2.52. The molecule has 6 heteroatoms. The van der Waals surface area contributed by atoms with E-state index in [1.807, 2.05) is 30.3 Å². The third-order valence-corrected chi connectivity index (χ3v) is 8.06. The highest BCUT2D eigenvalue weighted by atomic mass is 16.5. The molecule has 3 atom stereocenters. The molecule has 1 saturated carbocycles. The molecule has 2 aromatic rings. The summed E-state index contributed by atoms with van der Waals surface area (Å²) in [6.45, 7) is 2.76. The standard InChI is InChI=1S/C31H34N4O2/c1-37-30(36)34-29-12-7-11-28(29)31(23-33,26-9-3-2-4-10-26)27-17-20-35(21-18-27)19-6-5-8-24-13-15-25(22-32)16-14-24/h2-4,9-10,13-16,27-29H,6-7,11-12,17-21H2,1H3,(H,34,36)/t28-,29-,31?/m0/s1. The Morgan fingerprint density at radius 1 is 1.03 bits per heavy atom. The molecular weight excluding hydrogens is 460 g/mol. The molecule has 1 saturated heterocycles. The largest absolute Gasteiger partial charge is 0.453 e. The first-order chi connectivity index (χ1) is 18.1. The Morgan fingerprint density at radius 2 is 1.73 bits per heavy atom. The van der Waals surface area contributed by atoms with Crippen molar-refractivity contribution in [3.8, 4) is 24.0 Å². The number of ether oxygens (including phenoxy) is 1. The lowest BCUT2D eigenvalue weighted by molar-refractivity contribution is 0.107. The van der Waals surface area contributed by atoms with E-state index < -0.39 is 11.5 Å². The fourth-order valence-corrected chi connectivity index (χ4v) is 6.21. The molecule has 0 aromatic heterocycles. The molecule has 1 N–H and O–H groups in total. The van der Waals surface area contributed by atoms with Crippen molar-refractivity contribution in [2.24, 2.45) is 11.8 Å².